The third kappa shape index (κ3) is 3.54. The lowest BCUT2D eigenvalue weighted by Crippen LogP contribution is -2.50. The number of morpholine rings is 1. The minimum atomic E-state index is 0.145. The summed E-state index contributed by atoms with van der Waals surface area (Å²) < 4.78 is 6.33. The largest absolute Gasteiger partial charge is 0.370 e. The number of benzene rings is 2. The first-order chi connectivity index (χ1) is 14.6. The number of hydrogen-bond donors (Lipinski definition) is 0. The molecular formula is C25H26N4O. The van der Waals surface area contributed by atoms with Gasteiger partial charge >= 0.3 is 0 Å². The van der Waals surface area contributed by atoms with Crippen molar-refractivity contribution in [2.45, 2.75) is 39.1 Å². The third-order valence-corrected chi connectivity index (χ3v) is 6.15. The van der Waals surface area contributed by atoms with Crippen molar-refractivity contribution in [3.63, 3.8) is 0 Å². The monoisotopic (exact) mass is 398 g/mol. The number of hydrogen-bond acceptors (Lipinski definition) is 5. The molecule has 2 aromatic carbocycles. The van der Waals surface area contributed by atoms with Crippen molar-refractivity contribution in [2.24, 2.45) is 0 Å². The molecule has 5 nitrogen and oxygen atoms in total. The summed E-state index contributed by atoms with van der Waals surface area (Å²) in [6.45, 7) is 8.89. The van der Waals surface area contributed by atoms with E-state index in [-0.39, 0.29) is 12.2 Å². The Hall–Kier alpha value is -2.94. The molecule has 0 radical (unpaired) electrons. The highest BCUT2D eigenvalue weighted by Gasteiger charge is 2.30. The quantitative estimate of drug-likeness (QED) is 0.667. The number of rotatable bonds is 3. The fraction of sp³-hybridized carbons (Fsp3) is 0.360. The van der Waals surface area contributed by atoms with Crippen LogP contribution in [0, 0.1) is 18.3 Å². The number of fused-ring (bicyclic) bond motifs is 2. The van der Waals surface area contributed by atoms with Crippen LogP contribution in [0.5, 0.6) is 0 Å². The summed E-state index contributed by atoms with van der Waals surface area (Å²) in [5.74, 6) is 0. The lowest BCUT2D eigenvalue weighted by Gasteiger charge is -2.40. The second kappa shape index (κ2) is 7.71. The van der Waals surface area contributed by atoms with Gasteiger partial charge in [0.05, 0.1) is 23.3 Å². The highest BCUT2D eigenvalue weighted by Crippen LogP contribution is 2.31. The normalized spacial score (nSPS) is 21.6. The van der Waals surface area contributed by atoms with Gasteiger partial charge < -0.3 is 9.64 Å². The van der Waals surface area contributed by atoms with E-state index < -0.39 is 0 Å². The molecule has 0 amide bonds. The summed E-state index contributed by atoms with van der Waals surface area (Å²) in [6.07, 6.45) is 2.05. The van der Waals surface area contributed by atoms with Gasteiger partial charge in [-0.3, -0.25) is 9.88 Å². The number of ether oxygens (including phenoxy) is 1. The van der Waals surface area contributed by atoms with E-state index in [0.29, 0.717) is 5.56 Å². The summed E-state index contributed by atoms with van der Waals surface area (Å²) in [7, 11) is 0. The Labute approximate surface area is 177 Å². The minimum Gasteiger partial charge on any atom is -0.370 e. The summed E-state index contributed by atoms with van der Waals surface area (Å²) >= 11 is 0. The fourth-order valence-corrected chi connectivity index (χ4v) is 4.88. The van der Waals surface area contributed by atoms with E-state index in [1.54, 1.807) is 6.20 Å². The number of anilines is 1. The standard InChI is InChI=1S/C25H26N4O/c1-17-5-6-20-13-28(14-21(20)10-17)15-22-16-29(12-18(2)30-22)24-8-7-19(11-26)25-23(24)4-3-9-27-25/h3-10,18,22H,12-16H2,1-2H3. The molecule has 2 unspecified atom stereocenters. The predicted molar refractivity (Wildman–Crippen MR) is 118 cm³/mol. The average Bonchev–Trinajstić information content (AvgIpc) is 3.13. The molecule has 1 aromatic heterocycles. The molecule has 0 bridgehead atoms. The van der Waals surface area contributed by atoms with Crippen LogP contribution in [-0.2, 0) is 17.8 Å². The first kappa shape index (κ1) is 19.0. The molecule has 2 aliphatic rings. The minimum absolute atomic E-state index is 0.145. The van der Waals surface area contributed by atoms with Gasteiger partial charge in [-0.2, -0.15) is 5.26 Å². The van der Waals surface area contributed by atoms with Gasteiger partial charge in [-0.15, -0.1) is 0 Å². The van der Waals surface area contributed by atoms with E-state index in [1.807, 2.05) is 12.1 Å². The number of nitrogens with zero attached hydrogens (tertiary/aromatic N) is 4. The van der Waals surface area contributed by atoms with Crippen LogP contribution in [0.25, 0.3) is 10.9 Å². The van der Waals surface area contributed by atoms with E-state index in [9.17, 15) is 5.26 Å². The Bertz CT molecular complexity index is 1140. The predicted octanol–water partition coefficient (Wildman–Crippen LogP) is 4.02. The lowest BCUT2D eigenvalue weighted by molar-refractivity contribution is -0.0329. The first-order valence-corrected chi connectivity index (χ1v) is 10.6. The molecule has 0 saturated carbocycles. The van der Waals surface area contributed by atoms with Gasteiger partial charge in [-0.05, 0) is 49.2 Å². The van der Waals surface area contributed by atoms with E-state index in [1.165, 1.54) is 16.7 Å². The van der Waals surface area contributed by atoms with Gasteiger partial charge in [-0.25, -0.2) is 0 Å². The summed E-state index contributed by atoms with van der Waals surface area (Å²) in [5, 5.41) is 10.5. The molecule has 2 aliphatic heterocycles. The smallest absolute Gasteiger partial charge is 0.101 e. The Kier molecular flexibility index (Phi) is 4.90. The summed E-state index contributed by atoms with van der Waals surface area (Å²) in [4.78, 5) is 9.36. The van der Waals surface area contributed by atoms with Gasteiger partial charge in [-0.1, -0.05) is 23.8 Å². The van der Waals surface area contributed by atoms with Gasteiger partial charge in [0.2, 0.25) is 0 Å². The molecular weight excluding hydrogens is 372 g/mol. The first-order valence-electron chi connectivity index (χ1n) is 10.6. The number of nitriles is 1. The van der Waals surface area contributed by atoms with Crippen molar-refractivity contribution in [3.05, 3.63) is 70.9 Å². The second-order valence-corrected chi connectivity index (χ2v) is 8.56. The molecule has 0 aliphatic carbocycles. The topological polar surface area (TPSA) is 52.4 Å². The summed E-state index contributed by atoms with van der Waals surface area (Å²) in [6, 6.07) is 17.0. The zero-order valence-corrected chi connectivity index (χ0v) is 17.5. The molecule has 5 heteroatoms. The van der Waals surface area contributed by atoms with E-state index in [0.717, 1.165) is 49.3 Å². The van der Waals surface area contributed by atoms with Crippen LogP contribution in [0.15, 0.2) is 48.7 Å². The van der Waals surface area contributed by atoms with Crippen molar-refractivity contribution in [1.82, 2.24) is 9.88 Å². The Morgan fingerprint density at radius 3 is 2.87 bits per heavy atom. The maximum atomic E-state index is 9.44. The van der Waals surface area contributed by atoms with E-state index >= 15 is 0 Å². The van der Waals surface area contributed by atoms with Crippen molar-refractivity contribution in [1.29, 1.82) is 5.26 Å². The highest BCUT2D eigenvalue weighted by molar-refractivity contribution is 5.95. The molecule has 3 heterocycles. The maximum absolute atomic E-state index is 9.44. The highest BCUT2D eigenvalue weighted by atomic mass is 16.5. The van der Waals surface area contributed by atoms with Crippen LogP contribution in [-0.4, -0.2) is 41.7 Å². The Balaban J connectivity index is 1.36. The molecule has 2 atom stereocenters. The van der Waals surface area contributed by atoms with Crippen LogP contribution >= 0.6 is 0 Å². The molecule has 3 aromatic rings. The third-order valence-electron chi connectivity index (χ3n) is 6.15. The second-order valence-electron chi connectivity index (χ2n) is 8.56. The zero-order valence-electron chi connectivity index (χ0n) is 17.5. The van der Waals surface area contributed by atoms with Crippen LogP contribution in [0.4, 0.5) is 5.69 Å². The van der Waals surface area contributed by atoms with Crippen LogP contribution in [0.3, 0.4) is 0 Å². The van der Waals surface area contributed by atoms with Crippen LogP contribution in [0.2, 0.25) is 0 Å². The average molecular weight is 399 g/mol. The van der Waals surface area contributed by atoms with Gasteiger partial charge in [0.1, 0.15) is 6.07 Å². The summed E-state index contributed by atoms with van der Waals surface area (Å²) in [5.41, 5.74) is 6.74. The molecule has 30 heavy (non-hydrogen) atoms. The van der Waals surface area contributed by atoms with Crippen LogP contribution < -0.4 is 4.90 Å². The lowest BCUT2D eigenvalue weighted by atomic mass is 10.1. The van der Waals surface area contributed by atoms with Crippen molar-refractivity contribution in [3.8, 4) is 6.07 Å². The van der Waals surface area contributed by atoms with Crippen LogP contribution in [0.1, 0.15) is 29.2 Å². The maximum Gasteiger partial charge on any atom is 0.101 e. The zero-order chi connectivity index (χ0) is 20.7. The molecule has 5 rings (SSSR count). The Morgan fingerprint density at radius 1 is 1.13 bits per heavy atom. The van der Waals surface area contributed by atoms with Gasteiger partial charge in [0, 0.05) is 50.0 Å². The van der Waals surface area contributed by atoms with Gasteiger partial charge in [0.15, 0.2) is 0 Å². The fourth-order valence-electron chi connectivity index (χ4n) is 4.88. The van der Waals surface area contributed by atoms with E-state index in [2.05, 4.69) is 65.0 Å². The van der Waals surface area contributed by atoms with Gasteiger partial charge in [0.25, 0.3) is 0 Å². The SMILES string of the molecule is Cc1ccc2c(c1)CN(CC1CN(c3ccc(C#N)c4ncccc34)CC(C)O1)C2. The van der Waals surface area contributed by atoms with E-state index in [4.69, 9.17) is 4.74 Å². The number of aromatic nitrogens is 1. The van der Waals surface area contributed by atoms with Crippen molar-refractivity contribution in [2.75, 3.05) is 24.5 Å². The molecule has 1 fully saturated rings. The van der Waals surface area contributed by atoms with Crippen molar-refractivity contribution < 1.29 is 4.74 Å². The number of aryl methyl sites for hydroxylation is 1. The molecule has 0 N–H and O–H groups in total. The van der Waals surface area contributed by atoms with Crippen molar-refractivity contribution >= 4 is 16.6 Å². The molecule has 152 valence electrons. The number of pyridine rings is 1. The Morgan fingerprint density at radius 2 is 2.00 bits per heavy atom. The molecule has 1 saturated heterocycles. The molecule has 0 spiro atoms.